The van der Waals surface area contributed by atoms with Crippen LogP contribution in [-0.4, -0.2) is 31.7 Å². The van der Waals surface area contributed by atoms with E-state index in [1.54, 1.807) is 18.2 Å². The Labute approximate surface area is 205 Å². The Morgan fingerprint density at radius 1 is 1.09 bits per heavy atom. The smallest absolute Gasteiger partial charge is 0.228 e. The van der Waals surface area contributed by atoms with Crippen molar-refractivity contribution in [3.63, 3.8) is 0 Å². The van der Waals surface area contributed by atoms with Gasteiger partial charge in [0.2, 0.25) is 15.9 Å². The topological polar surface area (TPSA) is 75.7 Å². The molecule has 34 heavy (non-hydrogen) atoms. The summed E-state index contributed by atoms with van der Waals surface area (Å²) in [5.41, 5.74) is 2.15. The lowest BCUT2D eigenvalue weighted by molar-refractivity contribution is -0.120. The predicted octanol–water partition coefficient (Wildman–Crippen LogP) is 5.62. The highest BCUT2D eigenvalue weighted by molar-refractivity contribution is 7.88. The van der Waals surface area contributed by atoms with Gasteiger partial charge in [0.15, 0.2) is 5.75 Å². The van der Waals surface area contributed by atoms with Gasteiger partial charge in [0.05, 0.1) is 17.4 Å². The molecule has 1 saturated heterocycles. The van der Waals surface area contributed by atoms with Crippen LogP contribution in [0.15, 0.2) is 72.8 Å². The number of amides is 1. The molecule has 0 saturated carbocycles. The van der Waals surface area contributed by atoms with E-state index < -0.39 is 15.9 Å². The van der Waals surface area contributed by atoms with Crippen LogP contribution in [0.25, 0.3) is 0 Å². The minimum absolute atomic E-state index is 0.0721. The molecule has 0 unspecified atom stereocenters. The molecule has 1 heterocycles. The molecular formula is C26H27ClN2O4S. The maximum absolute atomic E-state index is 13.1. The minimum Gasteiger partial charge on any atom is -0.455 e. The van der Waals surface area contributed by atoms with E-state index in [2.05, 4.69) is 5.32 Å². The third-order valence-corrected chi connectivity index (χ3v) is 7.95. The van der Waals surface area contributed by atoms with Gasteiger partial charge in [-0.15, -0.1) is 0 Å². The maximum Gasteiger partial charge on any atom is 0.228 e. The zero-order valence-corrected chi connectivity index (χ0v) is 20.5. The summed E-state index contributed by atoms with van der Waals surface area (Å²) in [5, 5.41) is 3.36. The van der Waals surface area contributed by atoms with Crippen LogP contribution in [0, 0.1) is 12.8 Å². The van der Waals surface area contributed by atoms with E-state index in [1.807, 2.05) is 61.5 Å². The molecule has 6 nitrogen and oxygen atoms in total. The van der Waals surface area contributed by atoms with Crippen molar-refractivity contribution < 1.29 is 17.9 Å². The second-order valence-electron chi connectivity index (χ2n) is 8.42. The van der Waals surface area contributed by atoms with Crippen molar-refractivity contribution in [3.05, 3.63) is 88.9 Å². The lowest BCUT2D eigenvalue weighted by atomic mass is 9.98. The number of carbonyl (C=O) groups excluding carboxylic acids is 1. The lowest BCUT2D eigenvalue weighted by Crippen LogP contribution is -2.44. The molecular weight excluding hydrogens is 472 g/mol. The molecule has 0 spiro atoms. The number of halogens is 1. The Morgan fingerprint density at radius 2 is 1.82 bits per heavy atom. The number of sulfonamides is 1. The summed E-state index contributed by atoms with van der Waals surface area (Å²) >= 11 is 6.17. The fourth-order valence-corrected chi connectivity index (χ4v) is 5.89. The summed E-state index contributed by atoms with van der Waals surface area (Å²) < 4.78 is 33.5. The number of piperidine rings is 1. The van der Waals surface area contributed by atoms with Crippen LogP contribution in [0.2, 0.25) is 5.02 Å². The number of aryl methyl sites for hydroxylation is 1. The minimum atomic E-state index is -3.55. The fourth-order valence-electron chi connectivity index (χ4n) is 4.01. The molecule has 1 fully saturated rings. The normalized spacial score (nSPS) is 16.7. The van der Waals surface area contributed by atoms with Crippen molar-refractivity contribution in [3.8, 4) is 11.5 Å². The average Bonchev–Trinajstić information content (AvgIpc) is 2.83. The van der Waals surface area contributed by atoms with E-state index in [0.717, 1.165) is 11.1 Å². The molecule has 0 bridgehead atoms. The van der Waals surface area contributed by atoms with E-state index in [0.29, 0.717) is 41.6 Å². The Morgan fingerprint density at radius 3 is 2.59 bits per heavy atom. The number of nitrogens with zero attached hydrogens (tertiary/aromatic N) is 1. The van der Waals surface area contributed by atoms with Crippen LogP contribution in [0.4, 0.5) is 5.69 Å². The number of nitrogens with one attached hydrogen (secondary N) is 1. The number of ether oxygens (including phenoxy) is 1. The van der Waals surface area contributed by atoms with Gasteiger partial charge in [-0.05, 0) is 61.2 Å². The quantitative estimate of drug-likeness (QED) is 0.458. The molecule has 0 aliphatic carbocycles. The Bertz CT molecular complexity index is 1260. The van der Waals surface area contributed by atoms with E-state index in [-0.39, 0.29) is 18.2 Å². The second kappa shape index (κ2) is 10.6. The predicted molar refractivity (Wildman–Crippen MR) is 135 cm³/mol. The zero-order valence-electron chi connectivity index (χ0n) is 18.9. The molecule has 8 heteroatoms. The molecule has 3 aromatic carbocycles. The van der Waals surface area contributed by atoms with Gasteiger partial charge in [0.25, 0.3) is 0 Å². The molecule has 0 radical (unpaired) electrons. The van der Waals surface area contributed by atoms with Crippen molar-refractivity contribution in [2.24, 2.45) is 5.92 Å². The number of carbonyl (C=O) groups is 1. The van der Waals surface area contributed by atoms with Gasteiger partial charge < -0.3 is 10.1 Å². The highest BCUT2D eigenvalue weighted by Gasteiger charge is 2.33. The molecule has 1 N–H and O–H groups in total. The fraction of sp³-hybridized carbons (Fsp3) is 0.269. The zero-order chi connectivity index (χ0) is 24.1. The van der Waals surface area contributed by atoms with Crippen molar-refractivity contribution in [1.82, 2.24) is 4.31 Å². The summed E-state index contributed by atoms with van der Waals surface area (Å²) in [7, 11) is -3.55. The first-order valence-corrected chi connectivity index (χ1v) is 13.2. The summed E-state index contributed by atoms with van der Waals surface area (Å²) in [6.45, 7) is 2.46. The summed E-state index contributed by atoms with van der Waals surface area (Å²) in [5.74, 6) is 0.298. The van der Waals surface area contributed by atoms with Crippen LogP contribution in [-0.2, 0) is 20.6 Å². The second-order valence-corrected chi connectivity index (χ2v) is 10.8. The molecule has 1 amide bonds. The Balaban J connectivity index is 1.47. The van der Waals surface area contributed by atoms with Crippen molar-refractivity contribution >= 4 is 33.2 Å². The molecule has 1 atom stereocenters. The third-order valence-electron chi connectivity index (χ3n) is 5.92. The highest BCUT2D eigenvalue weighted by Crippen LogP contribution is 2.33. The monoisotopic (exact) mass is 498 g/mol. The first-order valence-electron chi connectivity index (χ1n) is 11.2. The largest absolute Gasteiger partial charge is 0.455 e. The SMILES string of the molecule is Cc1ccccc1CS(=O)(=O)N1CCC[C@@H](C(=O)Nc2cc(Cl)ccc2Oc2ccccc2)C1. The van der Waals surface area contributed by atoms with Gasteiger partial charge in [0, 0.05) is 18.1 Å². The molecule has 0 aromatic heterocycles. The maximum atomic E-state index is 13.1. The molecule has 1 aliphatic rings. The number of para-hydroxylation sites is 1. The van der Waals surface area contributed by atoms with Gasteiger partial charge in [-0.2, -0.15) is 0 Å². The highest BCUT2D eigenvalue weighted by atomic mass is 35.5. The van der Waals surface area contributed by atoms with Crippen molar-refractivity contribution in [2.75, 3.05) is 18.4 Å². The molecule has 1 aliphatic heterocycles. The van der Waals surface area contributed by atoms with Crippen LogP contribution in [0.5, 0.6) is 11.5 Å². The standard InChI is InChI=1S/C26H27ClN2O4S/c1-19-8-5-6-9-21(19)18-34(31,32)29-15-7-10-20(17-29)26(30)28-24-16-22(27)13-14-25(24)33-23-11-3-2-4-12-23/h2-6,8-9,11-14,16,20H,7,10,15,17-18H2,1H3,(H,28,30)/t20-/m1/s1. The average molecular weight is 499 g/mol. The van der Waals surface area contributed by atoms with Gasteiger partial charge in [-0.25, -0.2) is 12.7 Å². The molecule has 3 aromatic rings. The Kier molecular flexibility index (Phi) is 7.56. The summed E-state index contributed by atoms with van der Waals surface area (Å²) in [6.07, 6.45) is 1.23. The van der Waals surface area contributed by atoms with E-state index >= 15 is 0 Å². The third kappa shape index (κ3) is 5.97. The first-order chi connectivity index (χ1) is 16.3. The van der Waals surface area contributed by atoms with E-state index in [9.17, 15) is 13.2 Å². The van der Waals surface area contributed by atoms with E-state index in [4.69, 9.17) is 16.3 Å². The summed E-state index contributed by atoms with van der Waals surface area (Å²) in [4.78, 5) is 13.1. The Hall–Kier alpha value is -2.87. The number of benzene rings is 3. The van der Waals surface area contributed by atoms with Gasteiger partial charge >= 0.3 is 0 Å². The number of hydrogen-bond acceptors (Lipinski definition) is 4. The summed E-state index contributed by atoms with van der Waals surface area (Å²) in [6, 6.07) is 21.7. The van der Waals surface area contributed by atoms with Gasteiger partial charge in [-0.1, -0.05) is 54.1 Å². The van der Waals surface area contributed by atoms with Gasteiger partial charge in [-0.3, -0.25) is 4.79 Å². The van der Waals surface area contributed by atoms with Crippen LogP contribution >= 0.6 is 11.6 Å². The van der Waals surface area contributed by atoms with Gasteiger partial charge in [0.1, 0.15) is 5.75 Å². The lowest BCUT2D eigenvalue weighted by Gasteiger charge is -2.31. The molecule has 4 rings (SSSR count). The molecule has 178 valence electrons. The first kappa shape index (κ1) is 24.3. The number of anilines is 1. The van der Waals surface area contributed by atoms with Crippen LogP contribution < -0.4 is 10.1 Å². The van der Waals surface area contributed by atoms with E-state index in [1.165, 1.54) is 4.31 Å². The number of rotatable bonds is 7. The van der Waals surface area contributed by atoms with Crippen LogP contribution in [0.1, 0.15) is 24.0 Å². The van der Waals surface area contributed by atoms with Crippen molar-refractivity contribution in [1.29, 1.82) is 0 Å². The van der Waals surface area contributed by atoms with Crippen LogP contribution in [0.3, 0.4) is 0 Å². The number of hydrogen-bond donors (Lipinski definition) is 1. The van der Waals surface area contributed by atoms with Crippen molar-refractivity contribution in [2.45, 2.75) is 25.5 Å².